The summed E-state index contributed by atoms with van der Waals surface area (Å²) in [6, 6.07) is -0.232. The molecule has 0 aromatic carbocycles. The summed E-state index contributed by atoms with van der Waals surface area (Å²) in [5.41, 5.74) is 5.81. The molecule has 90 valence electrons. The van der Waals surface area contributed by atoms with Crippen LogP contribution in [0.4, 0.5) is 0 Å². The highest BCUT2D eigenvalue weighted by Crippen LogP contribution is 2.11. The molecule has 15 heavy (non-hydrogen) atoms. The van der Waals surface area contributed by atoms with Gasteiger partial charge in [0.15, 0.2) is 5.78 Å². The van der Waals surface area contributed by atoms with E-state index in [1.165, 1.54) is 19.3 Å². The van der Waals surface area contributed by atoms with Gasteiger partial charge in [-0.05, 0) is 12.3 Å². The van der Waals surface area contributed by atoms with Gasteiger partial charge in [-0.15, -0.1) is 0 Å². The van der Waals surface area contributed by atoms with Crippen molar-refractivity contribution in [3.8, 4) is 0 Å². The number of Topliss-reactive ketones (excluding diaryl/α,β-unsaturated/α-hetero) is 1. The summed E-state index contributed by atoms with van der Waals surface area (Å²) in [6.45, 7) is 8.32. The minimum absolute atomic E-state index is 0.0793. The van der Waals surface area contributed by atoms with Gasteiger partial charge in [0.25, 0.3) is 0 Å². The normalized spacial score (nSPS) is 13.5. The summed E-state index contributed by atoms with van der Waals surface area (Å²) in [5, 5.41) is 0. The van der Waals surface area contributed by atoms with Crippen molar-refractivity contribution in [2.75, 3.05) is 0 Å². The smallest absolute Gasteiger partial charge is 0.152 e. The van der Waals surface area contributed by atoms with Crippen LogP contribution in [0.2, 0.25) is 0 Å². The fourth-order valence-electron chi connectivity index (χ4n) is 1.66. The number of hydrogen-bond acceptors (Lipinski definition) is 2. The minimum atomic E-state index is -0.232. The van der Waals surface area contributed by atoms with Crippen LogP contribution in [0.5, 0.6) is 0 Å². The molecule has 2 heteroatoms. The molecule has 0 spiro atoms. The van der Waals surface area contributed by atoms with Gasteiger partial charge in [-0.3, -0.25) is 4.79 Å². The minimum Gasteiger partial charge on any atom is -0.321 e. The Bertz CT molecular complexity index is 175. The first kappa shape index (κ1) is 14.6. The van der Waals surface area contributed by atoms with Crippen LogP contribution < -0.4 is 5.73 Å². The number of rotatable bonds is 8. The molecule has 1 atom stereocenters. The van der Waals surface area contributed by atoms with Gasteiger partial charge in [0.1, 0.15) is 0 Å². The summed E-state index contributed by atoms with van der Waals surface area (Å²) < 4.78 is 0. The van der Waals surface area contributed by atoms with Crippen molar-refractivity contribution in [1.29, 1.82) is 0 Å². The van der Waals surface area contributed by atoms with Crippen molar-refractivity contribution in [2.45, 2.75) is 65.8 Å². The zero-order chi connectivity index (χ0) is 11.8. The highest BCUT2D eigenvalue weighted by atomic mass is 16.1. The summed E-state index contributed by atoms with van der Waals surface area (Å²) in [5.74, 6) is 1.07. The van der Waals surface area contributed by atoms with Gasteiger partial charge in [-0.1, -0.05) is 53.4 Å². The Balaban J connectivity index is 3.47. The van der Waals surface area contributed by atoms with Crippen LogP contribution in [0.25, 0.3) is 0 Å². The second-order valence-electron chi connectivity index (χ2n) is 5.20. The third kappa shape index (κ3) is 7.55. The van der Waals surface area contributed by atoms with E-state index in [0.717, 1.165) is 18.8 Å². The molecule has 0 heterocycles. The first-order valence-corrected chi connectivity index (χ1v) is 6.24. The zero-order valence-corrected chi connectivity index (χ0v) is 10.8. The van der Waals surface area contributed by atoms with Crippen LogP contribution in [0.1, 0.15) is 59.8 Å². The van der Waals surface area contributed by atoms with Gasteiger partial charge < -0.3 is 5.73 Å². The Hall–Kier alpha value is -0.370. The fourth-order valence-corrected chi connectivity index (χ4v) is 1.66. The van der Waals surface area contributed by atoms with Crippen molar-refractivity contribution >= 4 is 5.78 Å². The Morgan fingerprint density at radius 1 is 1.00 bits per heavy atom. The van der Waals surface area contributed by atoms with Crippen LogP contribution in [0.3, 0.4) is 0 Å². The Labute approximate surface area is 94.6 Å². The predicted octanol–water partition coefficient (Wildman–Crippen LogP) is 3.15. The van der Waals surface area contributed by atoms with Gasteiger partial charge >= 0.3 is 0 Å². The number of nitrogens with two attached hydrogens (primary N) is 1. The molecule has 0 saturated carbocycles. The molecule has 0 aliphatic heterocycles. The lowest BCUT2D eigenvalue weighted by molar-refractivity contribution is -0.123. The SMILES string of the molecule is CC(C)CCCCCC(N)C(=O)C(C)C. The Kier molecular flexibility index (Phi) is 7.67. The summed E-state index contributed by atoms with van der Waals surface area (Å²) >= 11 is 0. The Morgan fingerprint density at radius 3 is 2.00 bits per heavy atom. The van der Waals surface area contributed by atoms with Crippen LogP contribution in [0, 0.1) is 11.8 Å². The molecule has 0 bridgehead atoms. The zero-order valence-electron chi connectivity index (χ0n) is 10.8. The van der Waals surface area contributed by atoms with E-state index < -0.39 is 0 Å². The van der Waals surface area contributed by atoms with Gasteiger partial charge in [0.05, 0.1) is 6.04 Å². The van der Waals surface area contributed by atoms with E-state index in [4.69, 9.17) is 5.73 Å². The molecule has 0 aliphatic carbocycles. The highest BCUT2D eigenvalue weighted by molar-refractivity contribution is 5.85. The maximum atomic E-state index is 11.5. The van der Waals surface area contributed by atoms with Crippen molar-refractivity contribution in [3.05, 3.63) is 0 Å². The second kappa shape index (κ2) is 7.86. The van der Waals surface area contributed by atoms with Crippen LogP contribution in [0.15, 0.2) is 0 Å². The van der Waals surface area contributed by atoms with E-state index in [0.29, 0.717) is 0 Å². The van der Waals surface area contributed by atoms with Crippen molar-refractivity contribution in [2.24, 2.45) is 17.6 Å². The maximum absolute atomic E-state index is 11.5. The molecule has 0 radical (unpaired) electrons. The number of unbranched alkanes of at least 4 members (excludes halogenated alkanes) is 2. The first-order chi connectivity index (χ1) is 6.95. The molecule has 0 aliphatic rings. The van der Waals surface area contributed by atoms with E-state index in [9.17, 15) is 4.79 Å². The van der Waals surface area contributed by atoms with Gasteiger partial charge in [-0.2, -0.15) is 0 Å². The molecule has 0 rings (SSSR count). The Morgan fingerprint density at radius 2 is 1.53 bits per heavy atom. The number of carbonyl (C=O) groups excluding carboxylic acids is 1. The predicted molar refractivity (Wildman–Crippen MR) is 65.7 cm³/mol. The average molecular weight is 213 g/mol. The van der Waals surface area contributed by atoms with Gasteiger partial charge in [0, 0.05) is 5.92 Å². The van der Waals surface area contributed by atoms with E-state index in [1.54, 1.807) is 0 Å². The van der Waals surface area contributed by atoms with Crippen molar-refractivity contribution in [1.82, 2.24) is 0 Å². The molecule has 1 unspecified atom stereocenters. The van der Waals surface area contributed by atoms with Crippen molar-refractivity contribution in [3.63, 3.8) is 0 Å². The quantitative estimate of drug-likeness (QED) is 0.629. The highest BCUT2D eigenvalue weighted by Gasteiger charge is 2.15. The van der Waals surface area contributed by atoms with E-state index in [-0.39, 0.29) is 17.7 Å². The third-order valence-corrected chi connectivity index (χ3v) is 2.73. The molecular weight excluding hydrogens is 186 g/mol. The van der Waals surface area contributed by atoms with Crippen molar-refractivity contribution < 1.29 is 4.79 Å². The van der Waals surface area contributed by atoms with Gasteiger partial charge in [-0.25, -0.2) is 0 Å². The van der Waals surface area contributed by atoms with Crippen LogP contribution in [-0.2, 0) is 4.79 Å². The standard InChI is InChI=1S/C13H27NO/c1-10(2)8-6-5-7-9-12(14)13(15)11(3)4/h10-12H,5-9,14H2,1-4H3. The molecule has 0 aromatic heterocycles. The molecule has 0 saturated heterocycles. The molecule has 0 fully saturated rings. The number of ketones is 1. The average Bonchev–Trinajstić information content (AvgIpc) is 2.15. The lowest BCUT2D eigenvalue weighted by Gasteiger charge is -2.12. The fraction of sp³-hybridized carbons (Fsp3) is 0.923. The molecular formula is C13H27NO. The lowest BCUT2D eigenvalue weighted by atomic mass is 9.97. The van der Waals surface area contributed by atoms with Crippen LogP contribution >= 0.6 is 0 Å². The first-order valence-electron chi connectivity index (χ1n) is 6.24. The number of carbonyl (C=O) groups is 1. The molecule has 2 nitrogen and oxygen atoms in total. The van der Waals surface area contributed by atoms with E-state index in [1.807, 2.05) is 13.8 Å². The molecule has 0 amide bonds. The lowest BCUT2D eigenvalue weighted by Crippen LogP contribution is -2.33. The number of hydrogen-bond donors (Lipinski definition) is 1. The summed E-state index contributed by atoms with van der Waals surface area (Å²) in [7, 11) is 0. The molecule has 2 N–H and O–H groups in total. The third-order valence-electron chi connectivity index (χ3n) is 2.73. The van der Waals surface area contributed by atoms with E-state index in [2.05, 4.69) is 13.8 Å². The van der Waals surface area contributed by atoms with Crippen LogP contribution in [-0.4, -0.2) is 11.8 Å². The summed E-state index contributed by atoms with van der Waals surface area (Å²) in [4.78, 5) is 11.5. The summed E-state index contributed by atoms with van der Waals surface area (Å²) in [6.07, 6.45) is 5.70. The van der Waals surface area contributed by atoms with E-state index >= 15 is 0 Å². The maximum Gasteiger partial charge on any atom is 0.152 e. The largest absolute Gasteiger partial charge is 0.321 e. The second-order valence-corrected chi connectivity index (χ2v) is 5.20. The van der Waals surface area contributed by atoms with Gasteiger partial charge in [0.2, 0.25) is 0 Å². The monoisotopic (exact) mass is 213 g/mol. The molecule has 0 aromatic rings. The topological polar surface area (TPSA) is 43.1 Å².